The van der Waals surface area contributed by atoms with Crippen LogP contribution < -0.4 is 0 Å². The summed E-state index contributed by atoms with van der Waals surface area (Å²) in [5.41, 5.74) is 1.29. The van der Waals surface area contributed by atoms with E-state index in [4.69, 9.17) is 16.7 Å². The number of carboxylic acids is 1. The summed E-state index contributed by atoms with van der Waals surface area (Å²) in [4.78, 5) is 19.9. The zero-order chi connectivity index (χ0) is 14.9. The molecule has 0 aliphatic rings. The number of carbonyl (C=O) groups is 1. The third-order valence-electron chi connectivity index (χ3n) is 2.82. The second-order valence-corrected chi connectivity index (χ2v) is 5.92. The second-order valence-electron chi connectivity index (χ2n) is 5.52. The van der Waals surface area contributed by atoms with E-state index in [-0.39, 0.29) is 16.0 Å². The standard InChI is InChI=1S/C15H15ClN2O2/c1-15(2,3)14-17-7-6-12(18-14)9-4-5-11(16)10(8-9)13(19)20/h4-8H,1-3H3,(H,19,20). The van der Waals surface area contributed by atoms with E-state index >= 15 is 0 Å². The van der Waals surface area contributed by atoms with E-state index in [1.54, 1.807) is 24.4 Å². The predicted molar refractivity (Wildman–Crippen MR) is 78.1 cm³/mol. The summed E-state index contributed by atoms with van der Waals surface area (Å²) in [6.45, 7) is 6.07. The minimum Gasteiger partial charge on any atom is -0.478 e. The van der Waals surface area contributed by atoms with Gasteiger partial charge in [0.1, 0.15) is 5.82 Å². The molecule has 0 saturated carbocycles. The summed E-state index contributed by atoms with van der Waals surface area (Å²) in [6, 6.07) is 6.60. The van der Waals surface area contributed by atoms with Crippen LogP contribution in [0.1, 0.15) is 37.0 Å². The molecule has 0 radical (unpaired) electrons. The number of hydrogen-bond donors (Lipinski definition) is 1. The molecular formula is C15H15ClN2O2. The van der Waals surface area contributed by atoms with Crippen LogP contribution in [0.5, 0.6) is 0 Å². The normalized spacial score (nSPS) is 11.4. The Morgan fingerprint density at radius 1 is 1.25 bits per heavy atom. The van der Waals surface area contributed by atoms with E-state index in [9.17, 15) is 4.79 Å². The zero-order valence-corrected chi connectivity index (χ0v) is 12.3. The van der Waals surface area contributed by atoms with Gasteiger partial charge in [-0.25, -0.2) is 14.8 Å². The van der Waals surface area contributed by atoms with Gasteiger partial charge in [0.15, 0.2) is 0 Å². The zero-order valence-electron chi connectivity index (χ0n) is 11.5. The van der Waals surface area contributed by atoms with E-state index in [1.165, 1.54) is 6.07 Å². The Kier molecular flexibility index (Phi) is 3.77. The topological polar surface area (TPSA) is 63.1 Å². The fourth-order valence-corrected chi connectivity index (χ4v) is 1.93. The van der Waals surface area contributed by atoms with Crippen LogP contribution in [0.25, 0.3) is 11.3 Å². The van der Waals surface area contributed by atoms with Crippen molar-refractivity contribution < 1.29 is 9.90 Å². The van der Waals surface area contributed by atoms with Crippen LogP contribution in [-0.4, -0.2) is 21.0 Å². The number of halogens is 1. The highest BCUT2D eigenvalue weighted by atomic mass is 35.5. The maximum Gasteiger partial charge on any atom is 0.337 e. The molecule has 0 aliphatic heterocycles. The van der Waals surface area contributed by atoms with Crippen LogP contribution in [0, 0.1) is 0 Å². The fraction of sp³-hybridized carbons (Fsp3) is 0.267. The Morgan fingerprint density at radius 3 is 2.55 bits per heavy atom. The molecule has 0 atom stereocenters. The Morgan fingerprint density at radius 2 is 1.95 bits per heavy atom. The molecule has 20 heavy (non-hydrogen) atoms. The number of hydrogen-bond acceptors (Lipinski definition) is 3. The molecule has 5 heteroatoms. The number of carboxylic acid groups (broad SMARTS) is 1. The van der Waals surface area contributed by atoms with Crippen LogP contribution in [0.3, 0.4) is 0 Å². The fourth-order valence-electron chi connectivity index (χ4n) is 1.73. The second kappa shape index (κ2) is 5.21. The Balaban J connectivity index is 2.52. The predicted octanol–water partition coefficient (Wildman–Crippen LogP) is 3.79. The van der Waals surface area contributed by atoms with Gasteiger partial charge in [-0.15, -0.1) is 0 Å². The van der Waals surface area contributed by atoms with Gasteiger partial charge in [-0.3, -0.25) is 0 Å². The van der Waals surface area contributed by atoms with Crippen molar-refractivity contribution in [1.29, 1.82) is 0 Å². The molecule has 0 spiro atoms. The average Bonchev–Trinajstić information content (AvgIpc) is 2.38. The molecule has 0 bridgehead atoms. The molecule has 1 aromatic carbocycles. The highest BCUT2D eigenvalue weighted by Crippen LogP contribution is 2.26. The highest BCUT2D eigenvalue weighted by Gasteiger charge is 2.18. The van der Waals surface area contributed by atoms with Crippen molar-refractivity contribution in [2.45, 2.75) is 26.2 Å². The Labute approximate surface area is 122 Å². The summed E-state index contributed by atoms with van der Waals surface area (Å²) in [7, 11) is 0. The number of aromatic carboxylic acids is 1. The Hall–Kier alpha value is -1.94. The number of aromatic nitrogens is 2. The van der Waals surface area contributed by atoms with Gasteiger partial charge in [-0.1, -0.05) is 38.4 Å². The average molecular weight is 291 g/mol. The Bertz CT molecular complexity index is 663. The van der Waals surface area contributed by atoms with Crippen LogP contribution >= 0.6 is 11.6 Å². The van der Waals surface area contributed by atoms with E-state index in [1.807, 2.05) is 20.8 Å². The van der Waals surface area contributed by atoms with Gasteiger partial charge in [-0.2, -0.15) is 0 Å². The minimum atomic E-state index is -1.05. The molecule has 0 unspecified atom stereocenters. The van der Waals surface area contributed by atoms with E-state index in [0.717, 1.165) is 0 Å². The monoisotopic (exact) mass is 290 g/mol. The van der Waals surface area contributed by atoms with Gasteiger partial charge in [0.2, 0.25) is 0 Å². The van der Waals surface area contributed by atoms with Crippen molar-refractivity contribution in [3.05, 3.63) is 46.9 Å². The molecule has 2 rings (SSSR count). The highest BCUT2D eigenvalue weighted by molar-refractivity contribution is 6.33. The van der Waals surface area contributed by atoms with Gasteiger partial charge in [0.05, 0.1) is 16.3 Å². The largest absolute Gasteiger partial charge is 0.478 e. The van der Waals surface area contributed by atoms with Gasteiger partial charge in [0.25, 0.3) is 0 Å². The first-order valence-corrected chi connectivity index (χ1v) is 6.53. The lowest BCUT2D eigenvalue weighted by Gasteiger charge is -2.17. The van der Waals surface area contributed by atoms with Crippen molar-refractivity contribution in [2.24, 2.45) is 0 Å². The summed E-state index contributed by atoms with van der Waals surface area (Å²) < 4.78 is 0. The summed E-state index contributed by atoms with van der Waals surface area (Å²) in [6.07, 6.45) is 1.68. The maximum atomic E-state index is 11.1. The molecule has 2 aromatic rings. The molecule has 1 heterocycles. The van der Waals surface area contributed by atoms with Crippen LogP contribution in [-0.2, 0) is 5.41 Å². The summed E-state index contributed by atoms with van der Waals surface area (Å²) in [5, 5.41) is 9.32. The van der Waals surface area contributed by atoms with Gasteiger partial charge in [0, 0.05) is 17.2 Å². The van der Waals surface area contributed by atoms with Crippen LogP contribution in [0.2, 0.25) is 5.02 Å². The first-order valence-electron chi connectivity index (χ1n) is 6.16. The molecule has 0 fully saturated rings. The van der Waals surface area contributed by atoms with E-state index < -0.39 is 5.97 Å². The van der Waals surface area contributed by atoms with Crippen molar-refractivity contribution >= 4 is 17.6 Å². The molecule has 0 amide bonds. The lowest BCUT2D eigenvalue weighted by Crippen LogP contribution is -2.16. The van der Waals surface area contributed by atoms with Gasteiger partial charge in [-0.05, 0) is 18.2 Å². The summed E-state index contributed by atoms with van der Waals surface area (Å²) in [5.74, 6) is -0.344. The maximum absolute atomic E-state index is 11.1. The number of nitrogens with zero attached hydrogens (tertiary/aromatic N) is 2. The van der Waals surface area contributed by atoms with Gasteiger partial charge < -0.3 is 5.11 Å². The third-order valence-corrected chi connectivity index (χ3v) is 3.15. The lowest BCUT2D eigenvalue weighted by molar-refractivity contribution is 0.0697. The van der Waals surface area contributed by atoms with Crippen LogP contribution in [0.15, 0.2) is 30.5 Å². The van der Waals surface area contributed by atoms with Crippen LogP contribution in [0.4, 0.5) is 0 Å². The molecule has 0 saturated heterocycles. The quantitative estimate of drug-likeness (QED) is 0.914. The number of rotatable bonds is 2. The van der Waals surface area contributed by atoms with Crippen molar-refractivity contribution in [2.75, 3.05) is 0 Å². The summed E-state index contributed by atoms with van der Waals surface area (Å²) >= 11 is 5.87. The SMILES string of the molecule is CC(C)(C)c1nccc(-c2ccc(Cl)c(C(=O)O)c2)n1. The van der Waals surface area contributed by atoms with E-state index in [0.29, 0.717) is 17.1 Å². The molecule has 1 aromatic heterocycles. The van der Waals surface area contributed by atoms with Crippen molar-refractivity contribution in [3.8, 4) is 11.3 Å². The molecular weight excluding hydrogens is 276 g/mol. The smallest absolute Gasteiger partial charge is 0.337 e. The lowest BCUT2D eigenvalue weighted by atomic mass is 9.95. The third kappa shape index (κ3) is 2.96. The van der Waals surface area contributed by atoms with Crippen molar-refractivity contribution in [1.82, 2.24) is 9.97 Å². The first-order chi connectivity index (χ1) is 9.29. The van der Waals surface area contributed by atoms with E-state index in [2.05, 4.69) is 9.97 Å². The molecule has 0 aliphatic carbocycles. The molecule has 4 nitrogen and oxygen atoms in total. The molecule has 104 valence electrons. The van der Waals surface area contributed by atoms with Crippen molar-refractivity contribution in [3.63, 3.8) is 0 Å². The van der Waals surface area contributed by atoms with Gasteiger partial charge >= 0.3 is 5.97 Å². The number of benzene rings is 1. The molecule has 1 N–H and O–H groups in total. The first kappa shape index (κ1) is 14.5. The minimum absolute atomic E-state index is 0.0695.